The Balaban J connectivity index is 2.22. The van der Waals surface area contributed by atoms with Crippen molar-refractivity contribution in [2.24, 2.45) is 5.41 Å². The number of carbonyl (C=O) groups excluding carboxylic acids is 2. The molecular weight excluding hydrogens is 365 g/mol. The van der Waals surface area contributed by atoms with E-state index in [0.29, 0.717) is 23.2 Å². The molecule has 2 rings (SSSR count). The van der Waals surface area contributed by atoms with Gasteiger partial charge in [-0.2, -0.15) is 0 Å². The quantitative estimate of drug-likeness (QED) is 0.609. The van der Waals surface area contributed by atoms with E-state index in [2.05, 4.69) is 5.32 Å². The SMILES string of the molecule is CC(=O)c1ccc(NC(=O)O[C@H](c2ccc(O)c(F)c2)C(C)(C)CCO)cc1. The number of anilines is 1. The van der Waals surface area contributed by atoms with Crippen LogP contribution in [0.4, 0.5) is 14.9 Å². The number of aromatic hydroxyl groups is 1. The Hall–Kier alpha value is -2.93. The van der Waals surface area contributed by atoms with E-state index in [9.17, 15) is 24.2 Å². The summed E-state index contributed by atoms with van der Waals surface area (Å²) in [5, 5.41) is 21.3. The van der Waals surface area contributed by atoms with Crippen LogP contribution in [0.25, 0.3) is 0 Å². The number of carbonyl (C=O) groups is 2. The molecule has 1 atom stereocenters. The average molecular weight is 389 g/mol. The standard InChI is InChI=1S/C21H24FNO5/c1-13(25)14-4-7-16(8-5-14)23-20(27)28-19(21(2,3)10-11-24)15-6-9-18(26)17(22)12-15/h4-9,12,19,24,26H,10-11H2,1-3H3,(H,23,27)/t19-/m1/s1. The lowest BCUT2D eigenvalue weighted by Gasteiger charge is -2.33. The van der Waals surface area contributed by atoms with E-state index < -0.39 is 29.2 Å². The van der Waals surface area contributed by atoms with Crippen molar-refractivity contribution in [2.45, 2.75) is 33.3 Å². The number of Topliss-reactive ketones (excluding diaryl/α,β-unsaturated/α-hetero) is 1. The van der Waals surface area contributed by atoms with Crippen LogP contribution in [0, 0.1) is 11.2 Å². The van der Waals surface area contributed by atoms with E-state index >= 15 is 0 Å². The van der Waals surface area contributed by atoms with Gasteiger partial charge in [0, 0.05) is 23.3 Å². The number of halogens is 1. The number of nitrogens with one attached hydrogen (secondary N) is 1. The van der Waals surface area contributed by atoms with Crippen LogP contribution in [-0.2, 0) is 4.74 Å². The molecule has 0 bridgehead atoms. The first-order valence-electron chi connectivity index (χ1n) is 8.82. The normalized spacial score (nSPS) is 12.3. The van der Waals surface area contributed by atoms with Crippen molar-refractivity contribution in [3.8, 4) is 5.75 Å². The first-order valence-corrected chi connectivity index (χ1v) is 8.82. The number of benzene rings is 2. The lowest BCUT2D eigenvalue weighted by atomic mass is 9.80. The molecule has 7 heteroatoms. The molecule has 0 aliphatic carbocycles. The Bertz CT molecular complexity index is 848. The van der Waals surface area contributed by atoms with Gasteiger partial charge in [-0.3, -0.25) is 10.1 Å². The predicted octanol–water partition coefficient (Wildman–Crippen LogP) is 4.43. The van der Waals surface area contributed by atoms with Crippen LogP contribution < -0.4 is 5.32 Å². The van der Waals surface area contributed by atoms with Crippen LogP contribution in [0.3, 0.4) is 0 Å². The highest BCUT2D eigenvalue weighted by Gasteiger charge is 2.34. The van der Waals surface area contributed by atoms with Gasteiger partial charge in [0.25, 0.3) is 0 Å². The molecule has 0 aromatic heterocycles. The zero-order valence-corrected chi connectivity index (χ0v) is 16.0. The van der Waals surface area contributed by atoms with Gasteiger partial charge < -0.3 is 14.9 Å². The lowest BCUT2D eigenvalue weighted by Crippen LogP contribution is -2.30. The summed E-state index contributed by atoms with van der Waals surface area (Å²) in [5.41, 5.74) is 0.607. The maximum absolute atomic E-state index is 13.8. The molecule has 0 aliphatic heterocycles. The second-order valence-corrected chi connectivity index (χ2v) is 7.22. The van der Waals surface area contributed by atoms with Gasteiger partial charge in [0.15, 0.2) is 17.3 Å². The molecule has 2 aromatic rings. The first-order chi connectivity index (χ1) is 13.1. The summed E-state index contributed by atoms with van der Waals surface area (Å²) >= 11 is 0. The third kappa shape index (κ3) is 5.29. The highest BCUT2D eigenvalue weighted by Crippen LogP contribution is 2.40. The van der Waals surface area contributed by atoms with Crippen molar-refractivity contribution in [3.63, 3.8) is 0 Å². The van der Waals surface area contributed by atoms with Gasteiger partial charge in [-0.15, -0.1) is 0 Å². The number of ketones is 1. The lowest BCUT2D eigenvalue weighted by molar-refractivity contribution is 0.0150. The Morgan fingerprint density at radius 1 is 1.18 bits per heavy atom. The molecule has 0 spiro atoms. The van der Waals surface area contributed by atoms with Gasteiger partial charge in [0.2, 0.25) is 0 Å². The monoisotopic (exact) mass is 389 g/mol. The van der Waals surface area contributed by atoms with E-state index in [1.54, 1.807) is 38.1 Å². The average Bonchev–Trinajstić information content (AvgIpc) is 2.62. The number of rotatable bonds is 7. The summed E-state index contributed by atoms with van der Waals surface area (Å²) in [6, 6.07) is 10.1. The number of hydrogen-bond donors (Lipinski definition) is 3. The van der Waals surface area contributed by atoms with Gasteiger partial charge in [-0.05, 0) is 55.3 Å². The van der Waals surface area contributed by atoms with Gasteiger partial charge in [0.1, 0.15) is 6.10 Å². The molecule has 28 heavy (non-hydrogen) atoms. The van der Waals surface area contributed by atoms with Crippen LogP contribution in [0.2, 0.25) is 0 Å². The Kier molecular flexibility index (Phi) is 6.75. The van der Waals surface area contributed by atoms with E-state index in [1.807, 2.05) is 0 Å². The van der Waals surface area contributed by atoms with Gasteiger partial charge >= 0.3 is 6.09 Å². The van der Waals surface area contributed by atoms with Crippen molar-refractivity contribution >= 4 is 17.6 Å². The van der Waals surface area contributed by atoms with Gasteiger partial charge in [-0.1, -0.05) is 19.9 Å². The van der Waals surface area contributed by atoms with E-state index in [-0.39, 0.29) is 12.4 Å². The number of hydrogen-bond acceptors (Lipinski definition) is 5. The highest BCUT2D eigenvalue weighted by atomic mass is 19.1. The van der Waals surface area contributed by atoms with Crippen molar-refractivity contribution in [3.05, 3.63) is 59.4 Å². The highest BCUT2D eigenvalue weighted by molar-refractivity contribution is 5.95. The Morgan fingerprint density at radius 3 is 2.36 bits per heavy atom. The number of aliphatic hydroxyl groups excluding tert-OH is 1. The summed E-state index contributed by atoms with van der Waals surface area (Å²) in [6.45, 7) is 4.88. The number of ether oxygens (including phenoxy) is 1. The third-order valence-electron chi connectivity index (χ3n) is 4.50. The summed E-state index contributed by atoms with van der Waals surface area (Å²) < 4.78 is 19.4. The summed E-state index contributed by atoms with van der Waals surface area (Å²) in [5.74, 6) is -1.42. The zero-order valence-electron chi connectivity index (χ0n) is 16.0. The summed E-state index contributed by atoms with van der Waals surface area (Å²) in [4.78, 5) is 23.7. The number of aliphatic hydroxyl groups is 1. The minimum Gasteiger partial charge on any atom is -0.505 e. The third-order valence-corrected chi connectivity index (χ3v) is 4.50. The maximum Gasteiger partial charge on any atom is 0.412 e. The van der Waals surface area contributed by atoms with Crippen LogP contribution in [-0.4, -0.2) is 28.7 Å². The van der Waals surface area contributed by atoms with Crippen molar-refractivity contribution < 1.29 is 28.9 Å². The number of phenolic OH excluding ortho intramolecular Hbond substituents is 1. The largest absolute Gasteiger partial charge is 0.505 e. The molecule has 2 aromatic carbocycles. The second-order valence-electron chi connectivity index (χ2n) is 7.22. The fraction of sp³-hybridized carbons (Fsp3) is 0.333. The zero-order chi connectivity index (χ0) is 20.9. The van der Waals surface area contributed by atoms with Gasteiger partial charge in [0.05, 0.1) is 0 Å². The molecule has 0 radical (unpaired) electrons. The fourth-order valence-electron chi connectivity index (χ4n) is 2.83. The Morgan fingerprint density at radius 2 is 1.82 bits per heavy atom. The summed E-state index contributed by atoms with van der Waals surface area (Å²) in [7, 11) is 0. The van der Waals surface area contributed by atoms with Crippen molar-refractivity contribution in [1.82, 2.24) is 0 Å². The molecule has 0 heterocycles. The van der Waals surface area contributed by atoms with E-state index in [0.717, 1.165) is 6.07 Å². The van der Waals surface area contributed by atoms with Crippen LogP contribution >= 0.6 is 0 Å². The molecule has 6 nitrogen and oxygen atoms in total. The molecular formula is C21H24FNO5. The number of amides is 1. The maximum atomic E-state index is 13.8. The van der Waals surface area contributed by atoms with Crippen LogP contribution in [0.15, 0.2) is 42.5 Å². The van der Waals surface area contributed by atoms with E-state index in [4.69, 9.17) is 4.74 Å². The first kappa shape index (κ1) is 21.4. The topological polar surface area (TPSA) is 95.9 Å². The molecule has 0 aliphatic rings. The van der Waals surface area contributed by atoms with Crippen LogP contribution in [0.1, 0.15) is 49.2 Å². The number of phenols is 1. The fourth-order valence-corrected chi connectivity index (χ4v) is 2.83. The van der Waals surface area contributed by atoms with Crippen molar-refractivity contribution in [1.29, 1.82) is 0 Å². The minimum absolute atomic E-state index is 0.0886. The smallest absolute Gasteiger partial charge is 0.412 e. The molecule has 3 N–H and O–H groups in total. The Labute approximate surface area is 163 Å². The predicted molar refractivity (Wildman–Crippen MR) is 103 cm³/mol. The molecule has 1 amide bonds. The molecule has 0 fully saturated rings. The molecule has 0 saturated carbocycles. The summed E-state index contributed by atoms with van der Waals surface area (Å²) in [6.07, 6.45) is -1.33. The van der Waals surface area contributed by atoms with Gasteiger partial charge in [-0.25, -0.2) is 9.18 Å². The van der Waals surface area contributed by atoms with E-state index in [1.165, 1.54) is 19.1 Å². The van der Waals surface area contributed by atoms with Crippen molar-refractivity contribution in [2.75, 3.05) is 11.9 Å². The minimum atomic E-state index is -0.869. The van der Waals surface area contributed by atoms with Crippen LogP contribution in [0.5, 0.6) is 5.75 Å². The molecule has 150 valence electrons. The second kappa shape index (κ2) is 8.84. The molecule has 0 unspecified atom stereocenters. The molecule has 0 saturated heterocycles.